The summed E-state index contributed by atoms with van der Waals surface area (Å²) in [7, 11) is 0. The van der Waals surface area contributed by atoms with Gasteiger partial charge < -0.3 is 9.64 Å². The van der Waals surface area contributed by atoms with Crippen molar-refractivity contribution >= 4 is 5.91 Å². The Kier molecular flexibility index (Phi) is 5.80. The van der Waals surface area contributed by atoms with E-state index in [4.69, 9.17) is 0 Å². The molecule has 1 aliphatic heterocycles. The van der Waals surface area contributed by atoms with Crippen LogP contribution in [0.15, 0.2) is 48.8 Å². The van der Waals surface area contributed by atoms with Crippen LogP contribution in [0, 0.1) is 0 Å². The summed E-state index contributed by atoms with van der Waals surface area (Å²) in [5, 5.41) is 11.7. The molecule has 0 radical (unpaired) electrons. The average Bonchev–Trinajstić information content (AvgIpc) is 3.24. The van der Waals surface area contributed by atoms with Gasteiger partial charge in [0.1, 0.15) is 5.75 Å². The lowest BCUT2D eigenvalue weighted by Gasteiger charge is -2.34. The number of benzene rings is 1. The molecule has 0 saturated carbocycles. The van der Waals surface area contributed by atoms with Crippen molar-refractivity contribution in [2.75, 3.05) is 26.2 Å². The zero-order chi connectivity index (χ0) is 21.8. The number of piperazine rings is 1. The number of alkyl halides is 3. The van der Waals surface area contributed by atoms with Gasteiger partial charge >= 0.3 is 6.36 Å². The summed E-state index contributed by atoms with van der Waals surface area (Å²) >= 11 is 0. The van der Waals surface area contributed by atoms with Crippen molar-refractivity contribution in [3.05, 3.63) is 60.2 Å². The van der Waals surface area contributed by atoms with Gasteiger partial charge in [-0.1, -0.05) is 0 Å². The Morgan fingerprint density at radius 1 is 1.00 bits per heavy atom. The molecule has 0 unspecified atom stereocenters. The molecule has 0 atom stereocenters. The lowest BCUT2D eigenvalue weighted by Crippen LogP contribution is -2.48. The number of nitrogens with zero attached hydrogens (tertiary/aromatic N) is 7. The van der Waals surface area contributed by atoms with Gasteiger partial charge in [0, 0.05) is 45.1 Å². The van der Waals surface area contributed by atoms with Crippen LogP contribution >= 0.6 is 0 Å². The maximum absolute atomic E-state index is 12.7. The normalized spacial score (nSPS) is 15.1. The van der Waals surface area contributed by atoms with Crippen LogP contribution in [0.25, 0.3) is 5.69 Å². The summed E-state index contributed by atoms with van der Waals surface area (Å²) in [6, 6.07) is 8.87. The van der Waals surface area contributed by atoms with Crippen LogP contribution in [-0.2, 0) is 6.54 Å². The zero-order valence-corrected chi connectivity index (χ0v) is 16.2. The molecule has 31 heavy (non-hydrogen) atoms. The molecule has 3 heterocycles. The van der Waals surface area contributed by atoms with Crippen molar-refractivity contribution < 1.29 is 22.7 Å². The smallest absolute Gasteiger partial charge is 0.406 e. The summed E-state index contributed by atoms with van der Waals surface area (Å²) in [4.78, 5) is 21.7. The van der Waals surface area contributed by atoms with E-state index in [1.54, 1.807) is 17.3 Å². The molecular formula is C19H18F3N7O2. The number of rotatable bonds is 5. The van der Waals surface area contributed by atoms with Crippen LogP contribution in [0.4, 0.5) is 13.2 Å². The minimum atomic E-state index is -4.77. The summed E-state index contributed by atoms with van der Waals surface area (Å²) in [5.41, 5.74) is 1.51. The largest absolute Gasteiger partial charge is 0.573 e. The lowest BCUT2D eigenvalue weighted by molar-refractivity contribution is -0.274. The van der Waals surface area contributed by atoms with Crippen molar-refractivity contribution in [3.8, 4) is 11.4 Å². The van der Waals surface area contributed by atoms with Gasteiger partial charge in [0.05, 0.1) is 5.69 Å². The summed E-state index contributed by atoms with van der Waals surface area (Å²) < 4.78 is 40.6. The van der Waals surface area contributed by atoms with E-state index in [0.29, 0.717) is 31.9 Å². The van der Waals surface area contributed by atoms with Crippen molar-refractivity contribution in [1.29, 1.82) is 0 Å². The molecule has 0 aliphatic carbocycles. The van der Waals surface area contributed by atoms with Crippen LogP contribution in [0.3, 0.4) is 0 Å². The first-order valence-electron chi connectivity index (χ1n) is 9.44. The van der Waals surface area contributed by atoms with E-state index in [0.717, 1.165) is 29.0 Å². The van der Waals surface area contributed by atoms with E-state index < -0.39 is 6.36 Å². The first-order chi connectivity index (χ1) is 14.9. The fourth-order valence-electron chi connectivity index (χ4n) is 3.19. The number of carbonyl (C=O) groups excluding carboxylic acids is 1. The van der Waals surface area contributed by atoms with Gasteiger partial charge in [-0.15, -0.1) is 28.2 Å². The third-order valence-corrected chi connectivity index (χ3v) is 4.72. The molecule has 12 heteroatoms. The summed E-state index contributed by atoms with van der Waals surface area (Å²) in [5.74, 6) is -0.776. The maximum Gasteiger partial charge on any atom is 0.573 e. The predicted octanol–water partition coefficient (Wildman–Crippen LogP) is 1.91. The van der Waals surface area contributed by atoms with Gasteiger partial charge in [0.15, 0.2) is 0 Å². The molecule has 2 aromatic heterocycles. The van der Waals surface area contributed by atoms with E-state index in [9.17, 15) is 18.0 Å². The quantitative estimate of drug-likeness (QED) is 0.607. The van der Waals surface area contributed by atoms with Crippen molar-refractivity contribution in [2.45, 2.75) is 12.9 Å². The molecule has 0 N–H and O–H groups in total. The molecule has 1 fully saturated rings. The Morgan fingerprint density at radius 3 is 2.32 bits per heavy atom. The zero-order valence-electron chi connectivity index (χ0n) is 16.2. The van der Waals surface area contributed by atoms with Gasteiger partial charge in [-0.2, -0.15) is 0 Å². The number of hydrogen-bond acceptors (Lipinski definition) is 7. The number of carbonyl (C=O) groups is 1. The molecular weight excluding hydrogens is 415 g/mol. The maximum atomic E-state index is 12.7. The van der Waals surface area contributed by atoms with E-state index in [1.165, 1.54) is 12.1 Å². The van der Waals surface area contributed by atoms with Crippen LogP contribution in [0.5, 0.6) is 5.75 Å². The van der Waals surface area contributed by atoms with Gasteiger partial charge in [-0.25, -0.2) is 0 Å². The SMILES string of the molecule is O=C(c1nnn(-c2ccc(OC(F)(F)F)cc2)n1)N1CCN(Cc2ccncc2)CC1. The standard InChI is InChI=1S/C19H18F3N7O2/c20-19(21,22)31-16-3-1-15(2-4-16)29-25-17(24-26-29)18(30)28-11-9-27(10-12-28)13-14-5-7-23-8-6-14/h1-8H,9-13H2. The average molecular weight is 433 g/mol. The predicted molar refractivity (Wildman–Crippen MR) is 101 cm³/mol. The van der Waals surface area contributed by atoms with Crippen molar-refractivity contribution in [3.63, 3.8) is 0 Å². The van der Waals surface area contributed by atoms with Gasteiger partial charge in [-0.05, 0) is 47.2 Å². The van der Waals surface area contributed by atoms with Gasteiger partial charge in [0.2, 0.25) is 0 Å². The highest BCUT2D eigenvalue weighted by molar-refractivity contribution is 5.90. The van der Waals surface area contributed by atoms with Crippen LogP contribution in [0.1, 0.15) is 16.2 Å². The molecule has 1 aromatic carbocycles. The number of tetrazole rings is 1. The molecule has 4 rings (SSSR count). The molecule has 3 aromatic rings. The number of amides is 1. The number of aromatic nitrogens is 5. The Labute approximate surface area is 175 Å². The molecule has 0 bridgehead atoms. The first kappa shape index (κ1) is 20.7. The number of ether oxygens (including phenoxy) is 1. The van der Waals surface area contributed by atoms with E-state index in [-0.39, 0.29) is 17.5 Å². The molecule has 1 saturated heterocycles. The number of hydrogen-bond donors (Lipinski definition) is 0. The number of pyridine rings is 1. The molecule has 1 amide bonds. The first-order valence-corrected chi connectivity index (χ1v) is 9.44. The fraction of sp³-hybridized carbons (Fsp3) is 0.316. The minimum Gasteiger partial charge on any atom is -0.406 e. The second kappa shape index (κ2) is 8.68. The molecule has 1 aliphatic rings. The van der Waals surface area contributed by atoms with E-state index >= 15 is 0 Å². The monoisotopic (exact) mass is 433 g/mol. The van der Waals surface area contributed by atoms with Crippen LogP contribution < -0.4 is 4.74 Å². The summed E-state index contributed by atoms with van der Waals surface area (Å²) in [6.07, 6.45) is -1.27. The van der Waals surface area contributed by atoms with Crippen LogP contribution in [0.2, 0.25) is 0 Å². The van der Waals surface area contributed by atoms with Gasteiger partial charge in [0.25, 0.3) is 11.7 Å². The molecule has 0 spiro atoms. The van der Waals surface area contributed by atoms with E-state index in [1.807, 2.05) is 12.1 Å². The Balaban J connectivity index is 1.34. The third-order valence-electron chi connectivity index (χ3n) is 4.72. The third kappa shape index (κ3) is 5.34. The highest BCUT2D eigenvalue weighted by Crippen LogP contribution is 2.23. The molecule has 162 valence electrons. The lowest BCUT2D eigenvalue weighted by atomic mass is 10.2. The summed E-state index contributed by atoms with van der Waals surface area (Å²) in [6.45, 7) is 3.27. The Hall–Kier alpha value is -3.54. The van der Waals surface area contributed by atoms with Gasteiger partial charge in [-0.3, -0.25) is 14.7 Å². The Bertz CT molecular complexity index is 1020. The van der Waals surface area contributed by atoms with Crippen molar-refractivity contribution in [1.82, 2.24) is 35.0 Å². The highest BCUT2D eigenvalue weighted by atomic mass is 19.4. The highest BCUT2D eigenvalue weighted by Gasteiger charge is 2.31. The topological polar surface area (TPSA) is 89.3 Å². The van der Waals surface area contributed by atoms with Crippen molar-refractivity contribution in [2.24, 2.45) is 0 Å². The Morgan fingerprint density at radius 2 is 1.68 bits per heavy atom. The second-order valence-corrected chi connectivity index (χ2v) is 6.87. The van der Waals surface area contributed by atoms with Crippen LogP contribution in [-0.4, -0.2) is 73.4 Å². The molecule has 9 nitrogen and oxygen atoms in total. The number of halogens is 3. The fourth-order valence-corrected chi connectivity index (χ4v) is 3.19. The minimum absolute atomic E-state index is 0.0711. The van der Waals surface area contributed by atoms with E-state index in [2.05, 4.69) is 30.0 Å². The second-order valence-electron chi connectivity index (χ2n) is 6.87.